The lowest BCUT2D eigenvalue weighted by atomic mass is 9.97. The number of hydrogen-bond acceptors (Lipinski definition) is 4. The molecule has 1 aromatic heterocycles. The molecule has 0 aliphatic heterocycles. The maximum atomic E-state index is 13.1. The highest BCUT2D eigenvalue weighted by Gasteiger charge is 2.13. The Morgan fingerprint density at radius 3 is 2.74 bits per heavy atom. The molecule has 0 aliphatic rings. The lowest BCUT2D eigenvalue weighted by molar-refractivity contribution is -0.136. The molecular formula is C25H22FNO4. The zero-order valence-corrected chi connectivity index (χ0v) is 16.8. The molecule has 0 fully saturated rings. The summed E-state index contributed by atoms with van der Waals surface area (Å²) < 4.78 is 24.7. The van der Waals surface area contributed by atoms with Gasteiger partial charge in [-0.05, 0) is 47.0 Å². The van der Waals surface area contributed by atoms with Crippen LogP contribution in [0.25, 0.3) is 22.1 Å². The van der Waals surface area contributed by atoms with Crippen LogP contribution >= 0.6 is 0 Å². The maximum absolute atomic E-state index is 13.1. The number of halogens is 1. The van der Waals surface area contributed by atoms with Crippen LogP contribution in [0.15, 0.2) is 77.4 Å². The zero-order chi connectivity index (χ0) is 21.8. The first-order chi connectivity index (χ1) is 15.0. The van der Waals surface area contributed by atoms with Crippen LogP contribution in [0, 0.1) is 0 Å². The van der Waals surface area contributed by atoms with Crippen molar-refractivity contribution in [2.75, 3.05) is 6.67 Å². The van der Waals surface area contributed by atoms with Gasteiger partial charge in [-0.25, -0.2) is 4.39 Å². The summed E-state index contributed by atoms with van der Waals surface area (Å²) in [5, 5.41) is 10.0. The molecule has 0 saturated carbocycles. The van der Waals surface area contributed by atoms with Gasteiger partial charge in [0.15, 0.2) is 0 Å². The highest BCUT2D eigenvalue weighted by molar-refractivity contribution is 5.93. The van der Waals surface area contributed by atoms with E-state index < -0.39 is 18.7 Å². The van der Waals surface area contributed by atoms with Crippen LogP contribution < -0.4 is 10.5 Å². The monoisotopic (exact) mass is 419 g/mol. The van der Waals surface area contributed by atoms with Gasteiger partial charge in [-0.15, -0.1) is 0 Å². The largest absolute Gasteiger partial charge is 0.489 e. The molecule has 0 aliphatic carbocycles. The van der Waals surface area contributed by atoms with E-state index in [-0.39, 0.29) is 13.0 Å². The SMILES string of the molecule is NC(CF)c1cccc(-c2cc(COc3ccccc3CC(=O)O)cc3ccoc23)c1. The van der Waals surface area contributed by atoms with Crippen LogP contribution in [0.3, 0.4) is 0 Å². The van der Waals surface area contributed by atoms with Gasteiger partial charge in [0.05, 0.1) is 18.7 Å². The van der Waals surface area contributed by atoms with E-state index in [1.807, 2.05) is 42.5 Å². The molecule has 0 radical (unpaired) electrons. The molecule has 3 aromatic carbocycles. The van der Waals surface area contributed by atoms with E-state index in [9.17, 15) is 9.18 Å². The van der Waals surface area contributed by atoms with Crippen LogP contribution in [0.4, 0.5) is 4.39 Å². The topological polar surface area (TPSA) is 85.7 Å². The van der Waals surface area contributed by atoms with Crippen molar-refractivity contribution in [1.82, 2.24) is 0 Å². The zero-order valence-electron chi connectivity index (χ0n) is 16.8. The van der Waals surface area contributed by atoms with Gasteiger partial charge in [0.25, 0.3) is 0 Å². The first-order valence-electron chi connectivity index (χ1n) is 9.89. The van der Waals surface area contributed by atoms with Gasteiger partial charge < -0.3 is 20.0 Å². The Balaban J connectivity index is 1.67. The second-order valence-corrected chi connectivity index (χ2v) is 7.34. The number of ether oxygens (including phenoxy) is 1. The van der Waals surface area contributed by atoms with Crippen LogP contribution in [-0.2, 0) is 17.8 Å². The highest BCUT2D eigenvalue weighted by atomic mass is 19.1. The van der Waals surface area contributed by atoms with E-state index >= 15 is 0 Å². The molecule has 3 N–H and O–H groups in total. The van der Waals surface area contributed by atoms with Gasteiger partial charge in [-0.1, -0.05) is 36.4 Å². The highest BCUT2D eigenvalue weighted by Crippen LogP contribution is 2.33. The molecule has 4 rings (SSSR count). The van der Waals surface area contributed by atoms with Gasteiger partial charge >= 0.3 is 5.97 Å². The number of hydrogen-bond donors (Lipinski definition) is 2. The fraction of sp³-hybridized carbons (Fsp3) is 0.160. The van der Waals surface area contributed by atoms with Crippen molar-refractivity contribution in [2.24, 2.45) is 5.73 Å². The summed E-state index contributed by atoms with van der Waals surface area (Å²) in [6, 6.07) is 19.7. The van der Waals surface area contributed by atoms with E-state index in [1.165, 1.54) is 0 Å². The second kappa shape index (κ2) is 9.02. The molecule has 4 aromatic rings. The molecule has 5 nitrogen and oxygen atoms in total. The number of benzene rings is 3. The van der Waals surface area contributed by atoms with E-state index in [2.05, 4.69) is 0 Å². The first kappa shape index (κ1) is 20.6. The van der Waals surface area contributed by atoms with E-state index in [4.69, 9.17) is 20.0 Å². The summed E-state index contributed by atoms with van der Waals surface area (Å²) in [6.45, 7) is -0.377. The number of carboxylic acids is 1. The van der Waals surface area contributed by atoms with E-state index in [0.717, 1.165) is 27.7 Å². The molecule has 158 valence electrons. The number of furan rings is 1. The van der Waals surface area contributed by atoms with Crippen molar-refractivity contribution in [3.05, 3.63) is 89.7 Å². The van der Waals surface area contributed by atoms with Crippen LogP contribution in [0.5, 0.6) is 5.75 Å². The molecule has 6 heteroatoms. The molecule has 31 heavy (non-hydrogen) atoms. The molecular weight excluding hydrogens is 397 g/mol. The summed E-state index contributed by atoms with van der Waals surface area (Å²) in [6.07, 6.45) is 1.52. The molecule has 0 amide bonds. The summed E-state index contributed by atoms with van der Waals surface area (Å²) >= 11 is 0. The number of alkyl halides is 1. The minimum Gasteiger partial charge on any atom is -0.489 e. The normalized spacial score (nSPS) is 12.1. The fourth-order valence-corrected chi connectivity index (χ4v) is 3.58. The van der Waals surface area contributed by atoms with Crippen molar-refractivity contribution in [2.45, 2.75) is 19.1 Å². The van der Waals surface area contributed by atoms with Gasteiger partial charge in [-0.3, -0.25) is 4.79 Å². The first-order valence-corrected chi connectivity index (χ1v) is 9.89. The number of carboxylic acid groups (broad SMARTS) is 1. The van der Waals surface area contributed by atoms with Gasteiger partial charge in [-0.2, -0.15) is 0 Å². The Hall–Kier alpha value is -3.64. The number of fused-ring (bicyclic) bond motifs is 1. The summed E-state index contributed by atoms with van der Waals surface area (Å²) in [4.78, 5) is 11.1. The smallest absolute Gasteiger partial charge is 0.307 e. The van der Waals surface area contributed by atoms with Crippen molar-refractivity contribution < 1.29 is 23.4 Å². The van der Waals surface area contributed by atoms with Crippen molar-refractivity contribution in [3.63, 3.8) is 0 Å². The standard InChI is InChI=1S/C25H22FNO4/c26-14-22(27)18-6-3-5-17(12-18)21-11-16(10-20-8-9-30-25(20)21)15-31-23-7-2-1-4-19(23)13-24(28)29/h1-12,22H,13-15,27H2,(H,28,29). The predicted octanol–water partition coefficient (Wildman–Crippen LogP) is 5.28. The number of aliphatic carboxylic acids is 1. The number of rotatable bonds is 8. The lowest BCUT2D eigenvalue weighted by Crippen LogP contribution is -2.11. The van der Waals surface area contributed by atoms with Gasteiger partial charge in [0.1, 0.15) is 24.6 Å². The van der Waals surface area contributed by atoms with Crippen LogP contribution in [-0.4, -0.2) is 17.8 Å². The molecule has 0 saturated heterocycles. The third-order valence-electron chi connectivity index (χ3n) is 5.11. The fourth-order valence-electron chi connectivity index (χ4n) is 3.58. The predicted molar refractivity (Wildman–Crippen MR) is 117 cm³/mol. The Kier molecular flexibility index (Phi) is 6.00. The van der Waals surface area contributed by atoms with Crippen molar-refractivity contribution >= 4 is 16.9 Å². The van der Waals surface area contributed by atoms with Crippen molar-refractivity contribution in [3.8, 4) is 16.9 Å². The summed E-state index contributed by atoms with van der Waals surface area (Å²) in [5.74, 6) is -0.376. The third-order valence-corrected chi connectivity index (χ3v) is 5.11. The summed E-state index contributed by atoms with van der Waals surface area (Å²) in [5.41, 5.74) is 10.5. The molecule has 1 heterocycles. The minimum atomic E-state index is -0.912. The van der Waals surface area contributed by atoms with Gasteiger partial charge in [0, 0.05) is 16.5 Å². The number of carbonyl (C=O) groups is 1. The summed E-state index contributed by atoms with van der Waals surface area (Å²) in [7, 11) is 0. The average molecular weight is 419 g/mol. The maximum Gasteiger partial charge on any atom is 0.307 e. The second-order valence-electron chi connectivity index (χ2n) is 7.34. The van der Waals surface area contributed by atoms with Crippen LogP contribution in [0.1, 0.15) is 22.7 Å². The van der Waals surface area contributed by atoms with Gasteiger partial charge in [0.2, 0.25) is 0 Å². The molecule has 0 spiro atoms. The average Bonchev–Trinajstić information content (AvgIpc) is 3.26. The minimum absolute atomic E-state index is 0.107. The van der Waals surface area contributed by atoms with Crippen LogP contribution in [0.2, 0.25) is 0 Å². The Morgan fingerprint density at radius 2 is 1.94 bits per heavy atom. The Morgan fingerprint density at radius 1 is 1.10 bits per heavy atom. The molecule has 1 atom stereocenters. The molecule has 1 unspecified atom stereocenters. The lowest BCUT2D eigenvalue weighted by Gasteiger charge is -2.13. The van der Waals surface area contributed by atoms with Crippen molar-refractivity contribution in [1.29, 1.82) is 0 Å². The Bertz CT molecular complexity index is 1220. The Labute approximate surface area is 178 Å². The quantitative estimate of drug-likeness (QED) is 0.406. The van der Waals surface area contributed by atoms with E-state index in [1.54, 1.807) is 30.5 Å². The third kappa shape index (κ3) is 4.59. The number of nitrogens with two attached hydrogens (primary N) is 1. The number of para-hydroxylation sites is 1. The molecule has 0 bridgehead atoms. The van der Waals surface area contributed by atoms with E-state index in [0.29, 0.717) is 16.9 Å².